The summed E-state index contributed by atoms with van der Waals surface area (Å²) >= 11 is 0. The first-order chi connectivity index (χ1) is 19.9. The molecular weight excluding hydrogens is 568 g/mol. The second kappa shape index (κ2) is 11.6. The van der Waals surface area contributed by atoms with Crippen LogP contribution in [-0.4, -0.2) is 131 Å². The Bertz CT molecular complexity index is 1300. The highest BCUT2D eigenvalue weighted by Gasteiger charge is 2.50. The summed E-state index contributed by atoms with van der Waals surface area (Å²) in [4.78, 5) is 0. The molecule has 230 valence electrons. The van der Waals surface area contributed by atoms with Crippen molar-refractivity contribution < 1.29 is 79.9 Å². The second-order valence-corrected chi connectivity index (χ2v) is 9.99. The van der Waals surface area contributed by atoms with Crippen LogP contribution in [0.15, 0.2) is 53.2 Å². The van der Waals surface area contributed by atoms with Gasteiger partial charge in [-0.25, -0.2) is 0 Å². The number of allylic oxidation sites excluding steroid dienone is 2. The van der Waals surface area contributed by atoms with Gasteiger partial charge in [0.2, 0.25) is 6.29 Å². The number of ether oxygens (including phenoxy) is 5. The largest absolute Gasteiger partial charge is 0.508 e. The summed E-state index contributed by atoms with van der Waals surface area (Å²) in [7, 11) is 0. The second-order valence-electron chi connectivity index (χ2n) is 9.99. The fraction of sp³-hybridized carbons (Fsp3) is 0.462. The molecule has 0 radical (unpaired) electrons. The first kappa shape index (κ1) is 29.9. The van der Waals surface area contributed by atoms with Crippen LogP contribution in [0.2, 0.25) is 0 Å². The number of phenolic OH excluding ortho intramolecular Hbond substituents is 3. The quantitative estimate of drug-likeness (QED) is 0.158. The number of fused-ring (bicyclic) bond motifs is 1. The summed E-state index contributed by atoms with van der Waals surface area (Å²) in [6, 6.07) is 2.02. The summed E-state index contributed by atoms with van der Waals surface area (Å²) in [6.45, 7) is -1.23. The molecule has 10 atom stereocenters. The molecule has 0 bridgehead atoms. The average molecular weight is 599 g/mol. The highest BCUT2D eigenvalue weighted by molar-refractivity contribution is 5.72. The molecule has 4 aliphatic rings. The van der Waals surface area contributed by atoms with Crippen LogP contribution in [0.25, 0.3) is 5.76 Å². The van der Waals surface area contributed by atoms with E-state index in [9.17, 15) is 56.2 Å². The Hall–Kier alpha value is -3.58. The van der Waals surface area contributed by atoms with Crippen molar-refractivity contribution in [3.8, 4) is 17.2 Å². The predicted octanol–water partition coefficient (Wildman–Crippen LogP) is -2.03. The lowest BCUT2D eigenvalue weighted by atomic mass is 9.96. The number of aliphatic hydroxyl groups excluding tert-OH is 8. The summed E-state index contributed by atoms with van der Waals surface area (Å²) in [6.07, 6.45) is -12.5. The van der Waals surface area contributed by atoms with E-state index in [2.05, 4.69) is 0 Å². The molecule has 2 fully saturated rings. The lowest BCUT2D eigenvalue weighted by Crippen LogP contribution is -2.63. The molecule has 0 saturated carbocycles. The maximum atomic E-state index is 10.9. The fourth-order valence-corrected chi connectivity index (χ4v) is 4.82. The van der Waals surface area contributed by atoms with Crippen molar-refractivity contribution in [3.05, 3.63) is 58.8 Å². The van der Waals surface area contributed by atoms with Gasteiger partial charge in [-0.15, -0.1) is 0 Å². The summed E-state index contributed by atoms with van der Waals surface area (Å²) in [5, 5.41) is 112. The van der Waals surface area contributed by atoms with E-state index in [0.29, 0.717) is 0 Å². The van der Waals surface area contributed by atoms with E-state index in [1.807, 2.05) is 0 Å². The Morgan fingerprint density at radius 2 is 1.52 bits per heavy atom. The van der Waals surface area contributed by atoms with Gasteiger partial charge < -0.3 is 79.9 Å². The van der Waals surface area contributed by atoms with Crippen LogP contribution in [-0.2, 0) is 23.7 Å². The molecular formula is C26H30O16. The van der Waals surface area contributed by atoms with Gasteiger partial charge in [-0.2, -0.15) is 0 Å². The number of benzene rings is 1. The van der Waals surface area contributed by atoms with E-state index >= 15 is 0 Å². The third-order valence-corrected chi connectivity index (χ3v) is 7.11. The standard InChI is InChI=1S/C26H30O16/c27-6-17-20(35)21(36)24(42-25-22(37)19(34)14(32)7-38-25)26(41-17)40-16-5-10-11(29)3-9(28)4-15(10)39-23(16)8-1-12(30)18(33)13(31)2-8/h1-5,14-15,17,19-22,24-37H,6-7H2/t14-,15?,17-,19+,20-,21+,22-,24-,25+,26+/m1/s1. The van der Waals surface area contributed by atoms with E-state index in [0.717, 1.165) is 18.2 Å². The number of hydrogen-bond acceptors (Lipinski definition) is 16. The number of hydrogen-bond donors (Lipinski definition) is 11. The molecule has 0 aromatic heterocycles. The zero-order valence-electron chi connectivity index (χ0n) is 21.5. The molecule has 3 aliphatic heterocycles. The first-order valence-corrected chi connectivity index (χ1v) is 12.7. The zero-order chi connectivity index (χ0) is 30.5. The molecule has 2 saturated heterocycles. The lowest BCUT2D eigenvalue weighted by molar-refractivity contribution is -0.351. The first-order valence-electron chi connectivity index (χ1n) is 12.7. The normalized spacial score (nSPS) is 36.8. The van der Waals surface area contributed by atoms with E-state index < -0.39 is 97.6 Å². The smallest absolute Gasteiger partial charge is 0.229 e. The number of phenols is 3. The number of aromatic hydroxyl groups is 3. The molecule has 3 heterocycles. The van der Waals surface area contributed by atoms with E-state index in [1.54, 1.807) is 0 Å². The predicted molar refractivity (Wildman–Crippen MR) is 134 cm³/mol. The average Bonchev–Trinajstić information content (AvgIpc) is 2.95. The third-order valence-electron chi connectivity index (χ3n) is 7.11. The van der Waals surface area contributed by atoms with Gasteiger partial charge in [0, 0.05) is 23.3 Å². The van der Waals surface area contributed by atoms with Gasteiger partial charge >= 0.3 is 0 Å². The Morgan fingerprint density at radius 1 is 0.833 bits per heavy atom. The van der Waals surface area contributed by atoms with Crippen molar-refractivity contribution >= 4 is 5.76 Å². The van der Waals surface area contributed by atoms with Crippen LogP contribution in [0.4, 0.5) is 0 Å². The molecule has 16 nitrogen and oxygen atoms in total. The topological polar surface area (TPSA) is 269 Å². The van der Waals surface area contributed by atoms with Gasteiger partial charge in [-0.3, -0.25) is 0 Å². The Kier molecular flexibility index (Phi) is 8.26. The van der Waals surface area contributed by atoms with Crippen LogP contribution >= 0.6 is 0 Å². The van der Waals surface area contributed by atoms with Gasteiger partial charge in [0.1, 0.15) is 54.2 Å². The third kappa shape index (κ3) is 5.47. The van der Waals surface area contributed by atoms with Crippen molar-refractivity contribution in [3.63, 3.8) is 0 Å². The van der Waals surface area contributed by atoms with Gasteiger partial charge in [0.15, 0.2) is 41.2 Å². The van der Waals surface area contributed by atoms with E-state index in [-0.39, 0.29) is 28.4 Å². The molecule has 0 spiro atoms. The maximum absolute atomic E-state index is 10.9. The van der Waals surface area contributed by atoms with Crippen molar-refractivity contribution in [2.45, 2.75) is 61.4 Å². The van der Waals surface area contributed by atoms with E-state index in [4.69, 9.17) is 23.7 Å². The minimum absolute atomic E-state index is 0.0641. The maximum Gasteiger partial charge on any atom is 0.229 e. The Labute approximate surface area is 236 Å². The van der Waals surface area contributed by atoms with Crippen molar-refractivity contribution in [1.29, 1.82) is 0 Å². The molecule has 1 aromatic carbocycles. The van der Waals surface area contributed by atoms with Gasteiger partial charge in [-0.1, -0.05) is 0 Å². The minimum atomic E-state index is -1.83. The van der Waals surface area contributed by atoms with Crippen LogP contribution in [0.5, 0.6) is 17.2 Å². The van der Waals surface area contributed by atoms with Gasteiger partial charge in [-0.05, 0) is 18.2 Å². The Balaban J connectivity index is 1.55. The van der Waals surface area contributed by atoms with Gasteiger partial charge in [0.25, 0.3) is 0 Å². The van der Waals surface area contributed by atoms with Crippen molar-refractivity contribution in [1.82, 2.24) is 0 Å². The molecule has 11 N–H and O–H groups in total. The monoisotopic (exact) mass is 598 g/mol. The van der Waals surface area contributed by atoms with E-state index in [1.165, 1.54) is 12.2 Å². The number of rotatable bonds is 6. The van der Waals surface area contributed by atoms with Crippen LogP contribution in [0.3, 0.4) is 0 Å². The highest BCUT2D eigenvalue weighted by atomic mass is 16.8. The Morgan fingerprint density at radius 3 is 2.19 bits per heavy atom. The van der Waals surface area contributed by atoms with Crippen LogP contribution < -0.4 is 0 Å². The molecule has 16 heteroatoms. The van der Waals surface area contributed by atoms with Gasteiger partial charge in [0.05, 0.1) is 13.2 Å². The highest BCUT2D eigenvalue weighted by Crippen LogP contribution is 2.43. The molecule has 0 amide bonds. The van der Waals surface area contributed by atoms with Crippen LogP contribution in [0.1, 0.15) is 5.56 Å². The lowest BCUT2D eigenvalue weighted by Gasteiger charge is -2.45. The zero-order valence-corrected chi connectivity index (χ0v) is 21.5. The summed E-state index contributed by atoms with van der Waals surface area (Å²) in [5.74, 6) is -3.56. The van der Waals surface area contributed by atoms with Crippen LogP contribution in [0, 0.1) is 0 Å². The minimum Gasteiger partial charge on any atom is -0.508 e. The van der Waals surface area contributed by atoms with Crippen molar-refractivity contribution in [2.24, 2.45) is 0 Å². The molecule has 42 heavy (non-hydrogen) atoms. The summed E-state index contributed by atoms with van der Waals surface area (Å²) < 4.78 is 28.4. The SMILES string of the molecule is OC[C@H]1O[C@H](OC2=C(c3cc(O)c(O)c(O)c3)OC3C=C(O)C=C(O)C3=C2)[C@H](O[C@@H]2OC[C@@H](O)[C@H](O)[C@H]2O)[C@@H](O)[C@@H]1O. The van der Waals surface area contributed by atoms with Crippen molar-refractivity contribution in [2.75, 3.05) is 13.2 Å². The summed E-state index contributed by atoms with van der Waals surface area (Å²) in [5.41, 5.74) is 0.0141. The number of aliphatic hydroxyl groups is 8. The molecule has 1 unspecified atom stereocenters. The molecule has 1 aliphatic carbocycles. The molecule has 1 aromatic rings. The fourth-order valence-electron chi connectivity index (χ4n) is 4.82. The molecule has 5 rings (SSSR count).